The molecule has 0 aliphatic carbocycles. The lowest BCUT2D eigenvalue weighted by atomic mass is 10.3. The van der Waals surface area contributed by atoms with Gasteiger partial charge in [-0.05, 0) is 41.1 Å². The van der Waals surface area contributed by atoms with Gasteiger partial charge in [-0.3, -0.25) is 9.59 Å². The van der Waals surface area contributed by atoms with Gasteiger partial charge in [0.1, 0.15) is 5.69 Å². The first-order chi connectivity index (χ1) is 9.10. The average molecular weight is 322 g/mol. The summed E-state index contributed by atoms with van der Waals surface area (Å²) in [7, 11) is 0. The van der Waals surface area contributed by atoms with Gasteiger partial charge in [0.15, 0.2) is 0 Å². The minimum atomic E-state index is -0.311. The SMILES string of the molecule is CCn1cc(NC(=O)c2ccc(Br)cn2)ccc1=O. The second-order valence-corrected chi connectivity index (χ2v) is 4.77. The van der Waals surface area contributed by atoms with Gasteiger partial charge in [0, 0.05) is 29.5 Å². The number of halogens is 1. The third-order valence-corrected chi connectivity index (χ3v) is 3.01. The quantitative estimate of drug-likeness (QED) is 0.943. The van der Waals surface area contributed by atoms with Crippen LogP contribution in [0.1, 0.15) is 17.4 Å². The lowest BCUT2D eigenvalue weighted by Gasteiger charge is -2.07. The summed E-state index contributed by atoms with van der Waals surface area (Å²) in [6.07, 6.45) is 3.17. The fourth-order valence-corrected chi connectivity index (χ4v) is 1.79. The van der Waals surface area contributed by atoms with E-state index < -0.39 is 0 Å². The van der Waals surface area contributed by atoms with E-state index >= 15 is 0 Å². The van der Waals surface area contributed by atoms with Gasteiger partial charge in [-0.2, -0.15) is 0 Å². The summed E-state index contributed by atoms with van der Waals surface area (Å²) in [6, 6.07) is 6.36. The largest absolute Gasteiger partial charge is 0.319 e. The Kier molecular flexibility index (Phi) is 4.11. The first-order valence-electron chi connectivity index (χ1n) is 5.73. The summed E-state index contributed by atoms with van der Waals surface area (Å²) in [4.78, 5) is 27.4. The van der Waals surface area contributed by atoms with Crippen LogP contribution in [0.3, 0.4) is 0 Å². The molecule has 98 valence electrons. The molecule has 5 nitrogen and oxygen atoms in total. The van der Waals surface area contributed by atoms with Crippen LogP contribution < -0.4 is 10.9 Å². The fourth-order valence-electron chi connectivity index (χ4n) is 1.56. The van der Waals surface area contributed by atoms with Crippen LogP contribution in [0.2, 0.25) is 0 Å². The van der Waals surface area contributed by atoms with Crippen LogP contribution in [0.4, 0.5) is 5.69 Å². The van der Waals surface area contributed by atoms with Crippen molar-refractivity contribution in [3.63, 3.8) is 0 Å². The molecule has 2 heterocycles. The predicted octanol–water partition coefficient (Wildman–Crippen LogP) is 2.28. The van der Waals surface area contributed by atoms with Gasteiger partial charge in [-0.1, -0.05) is 0 Å². The number of hydrogen-bond acceptors (Lipinski definition) is 3. The van der Waals surface area contributed by atoms with Crippen molar-refractivity contribution in [1.82, 2.24) is 9.55 Å². The summed E-state index contributed by atoms with van der Waals surface area (Å²) in [6.45, 7) is 2.42. The Balaban J connectivity index is 2.19. The topological polar surface area (TPSA) is 64.0 Å². The Morgan fingerprint density at radius 1 is 1.37 bits per heavy atom. The number of pyridine rings is 2. The maximum atomic E-state index is 11.9. The molecule has 1 amide bonds. The van der Waals surface area contributed by atoms with Crippen molar-refractivity contribution < 1.29 is 4.79 Å². The molecule has 19 heavy (non-hydrogen) atoms. The van der Waals surface area contributed by atoms with E-state index in [0.29, 0.717) is 17.9 Å². The van der Waals surface area contributed by atoms with Crippen molar-refractivity contribution >= 4 is 27.5 Å². The van der Waals surface area contributed by atoms with Gasteiger partial charge >= 0.3 is 0 Å². The molecule has 0 aromatic carbocycles. The van der Waals surface area contributed by atoms with E-state index in [4.69, 9.17) is 0 Å². The van der Waals surface area contributed by atoms with E-state index in [0.717, 1.165) is 4.47 Å². The van der Waals surface area contributed by atoms with Gasteiger partial charge in [0.05, 0.1) is 5.69 Å². The molecular weight excluding hydrogens is 310 g/mol. The number of nitrogens with one attached hydrogen (secondary N) is 1. The molecule has 2 rings (SSSR count). The van der Waals surface area contributed by atoms with Crippen molar-refractivity contribution in [2.45, 2.75) is 13.5 Å². The number of amides is 1. The van der Waals surface area contributed by atoms with Crippen LogP contribution in [-0.2, 0) is 6.54 Å². The molecule has 0 fully saturated rings. The van der Waals surface area contributed by atoms with E-state index in [1.54, 1.807) is 30.6 Å². The molecular formula is C13H12BrN3O2. The van der Waals surface area contributed by atoms with Crippen molar-refractivity contribution in [2.75, 3.05) is 5.32 Å². The van der Waals surface area contributed by atoms with Crippen molar-refractivity contribution in [2.24, 2.45) is 0 Å². The number of carbonyl (C=O) groups excluding carboxylic acids is 1. The smallest absolute Gasteiger partial charge is 0.274 e. The molecule has 0 unspecified atom stereocenters. The molecule has 0 aliphatic heterocycles. The summed E-state index contributed by atoms with van der Waals surface area (Å²) < 4.78 is 2.33. The average Bonchev–Trinajstić information content (AvgIpc) is 2.41. The van der Waals surface area contributed by atoms with Crippen LogP contribution in [0.25, 0.3) is 0 Å². The zero-order valence-electron chi connectivity index (χ0n) is 10.3. The number of nitrogens with zero attached hydrogens (tertiary/aromatic N) is 2. The number of aromatic nitrogens is 2. The van der Waals surface area contributed by atoms with Crippen LogP contribution >= 0.6 is 15.9 Å². The van der Waals surface area contributed by atoms with Crippen molar-refractivity contribution in [3.05, 3.63) is 57.2 Å². The Labute approximate surface area is 118 Å². The molecule has 0 aliphatic rings. The lowest BCUT2D eigenvalue weighted by molar-refractivity contribution is 0.102. The fraction of sp³-hybridized carbons (Fsp3) is 0.154. The zero-order chi connectivity index (χ0) is 13.8. The summed E-state index contributed by atoms with van der Waals surface area (Å²) in [5, 5.41) is 2.70. The highest BCUT2D eigenvalue weighted by Crippen LogP contribution is 2.10. The highest BCUT2D eigenvalue weighted by Gasteiger charge is 2.08. The number of carbonyl (C=O) groups is 1. The predicted molar refractivity (Wildman–Crippen MR) is 76.3 cm³/mol. The van der Waals surface area contributed by atoms with Crippen molar-refractivity contribution in [3.8, 4) is 0 Å². The highest BCUT2D eigenvalue weighted by molar-refractivity contribution is 9.10. The molecule has 0 bridgehead atoms. The Morgan fingerprint density at radius 3 is 2.79 bits per heavy atom. The van der Waals surface area contributed by atoms with E-state index in [9.17, 15) is 9.59 Å². The van der Waals surface area contributed by atoms with Gasteiger partial charge in [-0.15, -0.1) is 0 Å². The van der Waals surface area contributed by atoms with Gasteiger partial charge in [-0.25, -0.2) is 4.98 Å². The summed E-state index contributed by atoms with van der Waals surface area (Å²) in [5.41, 5.74) is 0.788. The van der Waals surface area contributed by atoms with Gasteiger partial charge < -0.3 is 9.88 Å². The number of aryl methyl sites for hydroxylation is 1. The first kappa shape index (κ1) is 13.5. The molecule has 0 spiro atoms. The molecule has 2 aromatic heterocycles. The maximum absolute atomic E-state index is 11.9. The molecule has 0 saturated heterocycles. The molecule has 0 saturated carbocycles. The van der Waals surface area contributed by atoms with E-state index in [-0.39, 0.29) is 11.5 Å². The lowest BCUT2D eigenvalue weighted by Crippen LogP contribution is -2.20. The molecule has 6 heteroatoms. The summed E-state index contributed by atoms with van der Waals surface area (Å²) >= 11 is 3.26. The van der Waals surface area contributed by atoms with Crippen LogP contribution in [0, 0.1) is 0 Å². The Bertz CT molecular complexity index is 650. The van der Waals surface area contributed by atoms with E-state index in [1.165, 1.54) is 10.6 Å². The minimum Gasteiger partial charge on any atom is -0.319 e. The first-order valence-corrected chi connectivity index (χ1v) is 6.53. The van der Waals surface area contributed by atoms with Gasteiger partial charge in [0.2, 0.25) is 0 Å². The zero-order valence-corrected chi connectivity index (χ0v) is 11.8. The second kappa shape index (κ2) is 5.79. The van der Waals surface area contributed by atoms with E-state index in [1.807, 2.05) is 6.92 Å². The third-order valence-electron chi connectivity index (χ3n) is 2.54. The second-order valence-electron chi connectivity index (χ2n) is 3.86. The van der Waals surface area contributed by atoms with Crippen LogP contribution in [0.15, 0.2) is 45.9 Å². The standard InChI is InChI=1S/C13H12BrN3O2/c1-2-17-8-10(4-6-12(17)18)16-13(19)11-5-3-9(14)7-15-11/h3-8H,2H2,1H3,(H,16,19). The monoisotopic (exact) mass is 321 g/mol. The van der Waals surface area contributed by atoms with Crippen LogP contribution in [0.5, 0.6) is 0 Å². The summed E-state index contributed by atoms with van der Waals surface area (Å²) in [5.74, 6) is -0.311. The molecule has 2 aromatic rings. The molecule has 0 radical (unpaired) electrons. The Hall–Kier alpha value is -1.95. The van der Waals surface area contributed by atoms with E-state index in [2.05, 4.69) is 26.2 Å². The number of rotatable bonds is 3. The maximum Gasteiger partial charge on any atom is 0.274 e. The highest BCUT2D eigenvalue weighted by atomic mass is 79.9. The Morgan fingerprint density at radius 2 is 2.16 bits per heavy atom. The molecule has 0 atom stereocenters. The molecule has 1 N–H and O–H groups in total. The van der Waals surface area contributed by atoms with Crippen molar-refractivity contribution in [1.29, 1.82) is 0 Å². The minimum absolute atomic E-state index is 0.0951. The van der Waals surface area contributed by atoms with Crippen LogP contribution in [-0.4, -0.2) is 15.5 Å². The normalized spacial score (nSPS) is 10.2. The third kappa shape index (κ3) is 3.29. The van der Waals surface area contributed by atoms with Gasteiger partial charge in [0.25, 0.3) is 11.5 Å². The number of anilines is 1. The number of hydrogen-bond donors (Lipinski definition) is 1.